The van der Waals surface area contributed by atoms with E-state index in [0.717, 1.165) is 12.1 Å². The summed E-state index contributed by atoms with van der Waals surface area (Å²) in [7, 11) is 1.63. The van der Waals surface area contributed by atoms with Gasteiger partial charge in [-0.25, -0.2) is 0 Å². The van der Waals surface area contributed by atoms with Gasteiger partial charge in [0.15, 0.2) is 5.69 Å². The smallest absolute Gasteiger partial charge is 0.320 e. The molecule has 1 aromatic heterocycles. The van der Waals surface area contributed by atoms with E-state index in [1.807, 2.05) is 0 Å². The number of anilines is 1. The van der Waals surface area contributed by atoms with E-state index in [0.29, 0.717) is 10.2 Å². The molecule has 0 spiro atoms. The van der Waals surface area contributed by atoms with Crippen LogP contribution in [-0.4, -0.2) is 15.7 Å². The van der Waals surface area contributed by atoms with Crippen molar-refractivity contribution in [1.29, 1.82) is 0 Å². The Morgan fingerprint density at radius 2 is 2.05 bits per heavy atom. The van der Waals surface area contributed by atoms with E-state index in [1.54, 1.807) is 14.0 Å². The highest BCUT2D eigenvalue weighted by Crippen LogP contribution is 2.36. The molecule has 0 atom stereocenters. The van der Waals surface area contributed by atoms with Crippen LogP contribution in [0, 0.1) is 6.92 Å². The van der Waals surface area contributed by atoms with Crippen molar-refractivity contribution >= 4 is 39.1 Å². The first-order chi connectivity index (χ1) is 10.1. The average Bonchev–Trinajstić information content (AvgIpc) is 2.67. The van der Waals surface area contributed by atoms with Crippen molar-refractivity contribution < 1.29 is 18.0 Å². The lowest BCUT2D eigenvalue weighted by atomic mass is 10.1. The summed E-state index contributed by atoms with van der Waals surface area (Å²) in [6.45, 7) is 1.72. The lowest BCUT2D eigenvalue weighted by molar-refractivity contribution is -0.136. The minimum absolute atomic E-state index is 0.00285. The summed E-state index contributed by atoms with van der Waals surface area (Å²) < 4.78 is 40.8. The maximum atomic E-state index is 13.0. The molecule has 2 aromatic rings. The predicted molar refractivity (Wildman–Crippen MR) is 80.1 cm³/mol. The standard InChI is InChI=1S/C13H10BrClF3N3O/c1-6-10(14)11(20-21(6)2)12(22)19-9-4-3-7(15)5-8(9)13(16,17)18/h3-5H,1-2H3,(H,19,22). The van der Waals surface area contributed by atoms with E-state index in [-0.39, 0.29) is 16.4 Å². The molecule has 0 bridgehead atoms. The van der Waals surface area contributed by atoms with Gasteiger partial charge in [-0.1, -0.05) is 11.6 Å². The van der Waals surface area contributed by atoms with Crippen LogP contribution in [0.25, 0.3) is 0 Å². The van der Waals surface area contributed by atoms with Crippen molar-refractivity contribution in [1.82, 2.24) is 9.78 Å². The highest BCUT2D eigenvalue weighted by Gasteiger charge is 2.34. The number of amides is 1. The zero-order valence-electron chi connectivity index (χ0n) is 11.4. The monoisotopic (exact) mass is 395 g/mol. The highest BCUT2D eigenvalue weighted by molar-refractivity contribution is 9.10. The third-order valence-electron chi connectivity index (χ3n) is 3.01. The lowest BCUT2D eigenvalue weighted by Crippen LogP contribution is -2.17. The summed E-state index contributed by atoms with van der Waals surface area (Å²) in [6, 6.07) is 3.13. The predicted octanol–water partition coefficient (Wildman–Crippen LogP) is 4.42. The highest BCUT2D eigenvalue weighted by atomic mass is 79.9. The second-order valence-corrected chi connectivity index (χ2v) is 5.74. The van der Waals surface area contributed by atoms with Gasteiger partial charge in [0.1, 0.15) is 0 Å². The van der Waals surface area contributed by atoms with Crippen LogP contribution in [0.1, 0.15) is 21.7 Å². The second-order valence-electron chi connectivity index (χ2n) is 4.51. The van der Waals surface area contributed by atoms with Gasteiger partial charge in [0, 0.05) is 12.1 Å². The number of alkyl halides is 3. The Labute approximate surface area is 137 Å². The largest absolute Gasteiger partial charge is 0.418 e. The summed E-state index contributed by atoms with van der Waals surface area (Å²) in [5.74, 6) is -0.747. The number of carbonyl (C=O) groups is 1. The molecular formula is C13H10BrClF3N3O. The number of hydrogen-bond acceptors (Lipinski definition) is 2. The molecule has 0 unspecified atom stereocenters. The van der Waals surface area contributed by atoms with Crippen LogP contribution in [-0.2, 0) is 13.2 Å². The van der Waals surface area contributed by atoms with Gasteiger partial charge in [0.05, 0.1) is 21.4 Å². The molecule has 0 fully saturated rings. The van der Waals surface area contributed by atoms with E-state index in [2.05, 4.69) is 26.3 Å². The Bertz CT molecular complexity index is 743. The van der Waals surface area contributed by atoms with Crippen molar-refractivity contribution in [2.45, 2.75) is 13.1 Å². The fourth-order valence-corrected chi connectivity index (χ4v) is 2.46. The fourth-order valence-electron chi connectivity index (χ4n) is 1.77. The molecule has 4 nitrogen and oxygen atoms in total. The van der Waals surface area contributed by atoms with E-state index in [4.69, 9.17) is 11.6 Å². The number of benzene rings is 1. The average molecular weight is 397 g/mol. The molecule has 0 radical (unpaired) electrons. The second kappa shape index (κ2) is 5.92. The first-order valence-electron chi connectivity index (χ1n) is 5.98. The van der Waals surface area contributed by atoms with Crippen LogP contribution in [0.5, 0.6) is 0 Å². The van der Waals surface area contributed by atoms with E-state index >= 15 is 0 Å². The number of hydrogen-bond donors (Lipinski definition) is 1. The zero-order chi connectivity index (χ0) is 16.7. The quantitative estimate of drug-likeness (QED) is 0.817. The van der Waals surface area contributed by atoms with Crippen molar-refractivity contribution in [3.8, 4) is 0 Å². The molecule has 0 aliphatic rings. The summed E-state index contributed by atoms with van der Waals surface area (Å²) in [6.07, 6.45) is -4.63. The minimum Gasteiger partial charge on any atom is -0.320 e. The fraction of sp³-hybridized carbons (Fsp3) is 0.231. The third kappa shape index (κ3) is 3.27. The number of aromatic nitrogens is 2. The molecule has 22 heavy (non-hydrogen) atoms. The van der Waals surface area contributed by atoms with Crippen LogP contribution < -0.4 is 5.32 Å². The number of nitrogens with one attached hydrogen (secondary N) is 1. The molecular weight excluding hydrogens is 387 g/mol. The van der Waals surface area contributed by atoms with Gasteiger partial charge in [0.2, 0.25) is 0 Å². The third-order valence-corrected chi connectivity index (χ3v) is 4.20. The van der Waals surface area contributed by atoms with Crippen LogP contribution in [0.15, 0.2) is 22.7 Å². The normalized spacial score (nSPS) is 11.6. The molecule has 2 rings (SSSR count). The van der Waals surface area contributed by atoms with Crippen molar-refractivity contribution in [3.63, 3.8) is 0 Å². The first-order valence-corrected chi connectivity index (χ1v) is 7.15. The van der Waals surface area contributed by atoms with Crippen LogP contribution in [0.3, 0.4) is 0 Å². The van der Waals surface area contributed by atoms with Gasteiger partial charge in [-0.05, 0) is 41.1 Å². The van der Waals surface area contributed by atoms with Crippen molar-refractivity contribution in [3.05, 3.63) is 44.6 Å². The Hall–Kier alpha value is -1.54. The summed E-state index contributed by atoms with van der Waals surface area (Å²) in [4.78, 5) is 12.1. The Balaban J connectivity index is 2.39. The van der Waals surface area contributed by atoms with Gasteiger partial charge in [-0.3, -0.25) is 9.48 Å². The SMILES string of the molecule is Cc1c(Br)c(C(=O)Nc2ccc(Cl)cc2C(F)(F)F)nn1C. The van der Waals surface area contributed by atoms with Gasteiger partial charge < -0.3 is 5.32 Å². The number of carbonyl (C=O) groups excluding carboxylic acids is 1. The van der Waals surface area contributed by atoms with Gasteiger partial charge in [-0.15, -0.1) is 0 Å². The summed E-state index contributed by atoms with van der Waals surface area (Å²) >= 11 is 8.79. The minimum atomic E-state index is -4.63. The molecule has 0 saturated heterocycles. The van der Waals surface area contributed by atoms with Crippen molar-refractivity contribution in [2.24, 2.45) is 7.05 Å². The molecule has 0 aliphatic heterocycles. The van der Waals surface area contributed by atoms with Gasteiger partial charge in [0.25, 0.3) is 5.91 Å². The Morgan fingerprint density at radius 1 is 1.41 bits per heavy atom. The molecule has 0 aliphatic carbocycles. The Kier molecular flexibility index (Phi) is 4.53. The number of rotatable bonds is 2. The zero-order valence-corrected chi connectivity index (χ0v) is 13.8. The summed E-state index contributed by atoms with van der Waals surface area (Å²) in [5, 5.41) is 6.11. The lowest BCUT2D eigenvalue weighted by Gasteiger charge is -2.13. The van der Waals surface area contributed by atoms with Crippen LogP contribution in [0.4, 0.5) is 18.9 Å². The molecule has 1 amide bonds. The molecule has 9 heteroatoms. The maximum absolute atomic E-state index is 13.0. The van der Waals surface area contributed by atoms with Crippen LogP contribution in [0.2, 0.25) is 5.02 Å². The number of nitrogens with zero attached hydrogens (tertiary/aromatic N) is 2. The van der Waals surface area contributed by atoms with E-state index in [1.165, 1.54) is 10.7 Å². The van der Waals surface area contributed by atoms with E-state index in [9.17, 15) is 18.0 Å². The Morgan fingerprint density at radius 3 is 2.55 bits per heavy atom. The van der Waals surface area contributed by atoms with Gasteiger partial charge in [-0.2, -0.15) is 18.3 Å². The summed E-state index contributed by atoms with van der Waals surface area (Å²) in [5.41, 5.74) is -0.713. The van der Waals surface area contributed by atoms with Gasteiger partial charge >= 0.3 is 6.18 Å². The molecule has 118 valence electrons. The topological polar surface area (TPSA) is 46.9 Å². The first kappa shape index (κ1) is 16.8. The van der Waals surface area contributed by atoms with Crippen molar-refractivity contribution in [2.75, 3.05) is 5.32 Å². The molecule has 1 N–H and O–H groups in total. The van der Waals surface area contributed by atoms with E-state index < -0.39 is 17.6 Å². The molecule has 1 aromatic carbocycles. The van der Waals surface area contributed by atoms with Crippen LogP contribution >= 0.6 is 27.5 Å². The molecule has 1 heterocycles. The number of halogens is 5. The molecule has 0 saturated carbocycles. The number of aryl methyl sites for hydroxylation is 1. The maximum Gasteiger partial charge on any atom is 0.418 e.